The molecule has 2 aliphatic rings. The van der Waals surface area contributed by atoms with E-state index in [2.05, 4.69) is 34.9 Å². The number of hydrogen-bond donors (Lipinski definition) is 3. The van der Waals surface area contributed by atoms with Crippen LogP contribution in [0.5, 0.6) is 0 Å². The van der Waals surface area contributed by atoms with Gasteiger partial charge in [0.25, 0.3) is 5.91 Å². The minimum Gasteiger partial charge on any atom is -0.353 e. The van der Waals surface area contributed by atoms with Crippen LogP contribution in [0.1, 0.15) is 73.3 Å². The molecule has 0 fully saturated rings. The number of nitrogens with one attached hydrogen (secondary N) is 3. The van der Waals surface area contributed by atoms with Gasteiger partial charge in [0.1, 0.15) is 0 Å². The van der Waals surface area contributed by atoms with Gasteiger partial charge in [0, 0.05) is 49.9 Å². The summed E-state index contributed by atoms with van der Waals surface area (Å²) in [6.07, 6.45) is -0.766. The summed E-state index contributed by atoms with van der Waals surface area (Å²) in [5, 5.41) is 13.0. The molecule has 4 amide bonds. The fraction of sp³-hybridized carbons (Fsp3) is 0.571. The normalized spacial score (nSPS) is 18.8. The summed E-state index contributed by atoms with van der Waals surface area (Å²) < 4.78 is 41.5. The van der Waals surface area contributed by atoms with Crippen molar-refractivity contribution in [2.75, 3.05) is 25.0 Å². The zero-order valence-electron chi connectivity index (χ0n) is 23.2. The lowest BCUT2D eigenvalue weighted by atomic mass is 9.91. The zero-order chi connectivity index (χ0) is 29.7. The van der Waals surface area contributed by atoms with Crippen LogP contribution in [0.2, 0.25) is 5.02 Å². The second kappa shape index (κ2) is 13.1. The van der Waals surface area contributed by atoms with E-state index in [1.165, 1.54) is 4.90 Å². The third-order valence-corrected chi connectivity index (χ3v) is 7.72. The van der Waals surface area contributed by atoms with Crippen molar-refractivity contribution in [2.45, 2.75) is 77.6 Å². The SMILES string of the molecule is CC(C)CCn1nc2c3c1CCC(C3)NC(=O)CCCN(C(=O)Nc1cc(C(F)(F)F)ccc1Cl)CCCNC2=O. The molecule has 2 heterocycles. The van der Waals surface area contributed by atoms with Gasteiger partial charge >= 0.3 is 12.2 Å². The highest BCUT2D eigenvalue weighted by Crippen LogP contribution is 2.34. The highest BCUT2D eigenvalue weighted by atomic mass is 35.5. The third kappa shape index (κ3) is 7.93. The Kier molecular flexibility index (Phi) is 9.83. The van der Waals surface area contributed by atoms with Gasteiger partial charge in [0.2, 0.25) is 5.91 Å². The monoisotopic (exact) mass is 596 g/mol. The molecular weight excluding hydrogens is 561 g/mol. The molecule has 41 heavy (non-hydrogen) atoms. The Morgan fingerprint density at radius 3 is 2.68 bits per heavy atom. The summed E-state index contributed by atoms with van der Waals surface area (Å²) in [4.78, 5) is 40.4. The van der Waals surface area contributed by atoms with Crippen LogP contribution in [0.3, 0.4) is 0 Å². The first-order valence-corrected chi connectivity index (χ1v) is 14.4. The van der Waals surface area contributed by atoms with Gasteiger partial charge < -0.3 is 20.9 Å². The summed E-state index contributed by atoms with van der Waals surface area (Å²) in [7, 11) is 0. The Balaban J connectivity index is 1.49. The number of fused-ring (bicyclic) bond motifs is 1. The molecule has 0 saturated heterocycles. The van der Waals surface area contributed by atoms with Crippen molar-refractivity contribution in [3.05, 3.63) is 45.7 Å². The molecule has 224 valence electrons. The lowest BCUT2D eigenvalue weighted by molar-refractivity contribution is -0.137. The third-order valence-electron chi connectivity index (χ3n) is 7.39. The molecule has 1 aliphatic heterocycles. The number of rotatable bonds is 4. The average Bonchev–Trinajstić information content (AvgIpc) is 3.26. The number of alkyl halides is 3. The van der Waals surface area contributed by atoms with E-state index < -0.39 is 17.8 Å². The van der Waals surface area contributed by atoms with Gasteiger partial charge in [0.15, 0.2) is 5.69 Å². The van der Waals surface area contributed by atoms with E-state index in [0.29, 0.717) is 43.8 Å². The molecular formula is C28H36ClF3N6O3. The van der Waals surface area contributed by atoms with Crippen molar-refractivity contribution in [3.63, 3.8) is 0 Å². The number of urea groups is 1. The molecule has 1 aromatic heterocycles. The maximum Gasteiger partial charge on any atom is 0.416 e. The molecule has 0 radical (unpaired) electrons. The molecule has 0 spiro atoms. The number of hydrogen-bond acceptors (Lipinski definition) is 4. The van der Waals surface area contributed by atoms with Crippen LogP contribution in [0.15, 0.2) is 18.2 Å². The van der Waals surface area contributed by atoms with E-state index in [-0.39, 0.29) is 54.6 Å². The lowest BCUT2D eigenvalue weighted by Crippen LogP contribution is -2.40. The number of aryl methyl sites for hydroxylation is 1. The highest BCUT2D eigenvalue weighted by Gasteiger charge is 2.32. The van der Waals surface area contributed by atoms with Crippen LogP contribution >= 0.6 is 11.6 Å². The lowest BCUT2D eigenvalue weighted by Gasteiger charge is -2.25. The van der Waals surface area contributed by atoms with Gasteiger partial charge in [-0.3, -0.25) is 14.3 Å². The largest absolute Gasteiger partial charge is 0.416 e. The minimum absolute atomic E-state index is 0.0316. The molecule has 2 bridgehead atoms. The molecule has 1 atom stereocenters. The first-order valence-electron chi connectivity index (χ1n) is 14.0. The van der Waals surface area contributed by atoms with Crippen molar-refractivity contribution < 1.29 is 27.6 Å². The van der Waals surface area contributed by atoms with E-state index in [9.17, 15) is 27.6 Å². The summed E-state index contributed by atoms with van der Waals surface area (Å²) in [6, 6.07) is 1.94. The van der Waals surface area contributed by atoms with Crippen molar-refractivity contribution in [1.29, 1.82) is 0 Å². The van der Waals surface area contributed by atoms with Gasteiger partial charge in [-0.1, -0.05) is 25.4 Å². The Hall–Kier alpha value is -3.28. The number of aromatic nitrogens is 2. The number of carbonyl (C=O) groups is 3. The van der Waals surface area contributed by atoms with Crippen molar-refractivity contribution in [1.82, 2.24) is 25.3 Å². The molecule has 1 aliphatic carbocycles. The molecule has 9 nitrogen and oxygen atoms in total. The quantitative estimate of drug-likeness (QED) is 0.460. The van der Waals surface area contributed by atoms with Crippen LogP contribution in [0.25, 0.3) is 0 Å². The molecule has 0 saturated carbocycles. The molecule has 1 aromatic carbocycles. The Morgan fingerprint density at radius 2 is 1.95 bits per heavy atom. The fourth-order valence-electron chi connectivity index (χ4n) is 5.15. The fourth-order valence-corrected chi connectivity index (χ4v) is 5.32. The van der Waals surface area contributed by atoms with Gasteiger partial charge in [-0.25, -0.2) is 4.79 Å². The Morgan fingerprint density at radius 1 is 1.20 bits per heavy atom. The number of benzene rings is 1. The molecule has 2 aromatic rings. The molecule has 1 unspecified atom stereocenters. The van der Waals surface area contributed by atoms with Crippen LogP contribution in [0.4, 0.5) is 23.7 Å². The smallest absolute Gasteiger partial charge is 0.353 e. The second-order valence-corrected chi connectivity index (χ2v) is 11.4. The highest BCUT2D eigenvalue weighted by molar-refractivity contribution is 6.33. The van der Waals surface area contributed by atoms with Gasteiger partial charge in [-0.15, -0.1) is 0 Å². The van der Waals surface area contributed by atoms with Crippen LogP contribution < -0.4 is 16.0 Å². The second-order valence-electron chi connectivity index (χ2n) is 11.0. The zero-order valence-corrected chi connectivity index (χ0v) is 24.0. The molecule has 4 rings (SSSR count). The van der Waals surface area contributed by atoms with Crippen molar-refractivity contribution >= 4 is 35.1 Å². The summed E-state index contributed by atoms with van der Waals surface area (Å²) in [6.45, 7) is 5.65. The standard InChI is InChI=1S/C28H36ClF3N6O3/c1-17(2)10-14-38-23-9-7-19-16-20(23)25(36-38)26(40)33-11-4-13-37(12-3-5-24(39)34-19)27(41)35-22-15-18(28(30,31)32)6-8-21(22)29/h6,8,15,17,19H,3-5,7,9-14,16H2,1-2H3,(H,33,40)(H,34,39)(H,35,41). The molecule has 13 heteroatoms. The number of amides is 4. The van der Waals surface area contributed by atoms with E-state index in [0.717, 1.165) is 42.3 Å². The van der Waals surface area contributed by atoms with Gasteiger partial charge in [0.05, 0.1) is 16.3 Å². The van der Waals surface area contributed by atoms with E-state index in [1.54, 1.807) is 0 Å². The maximum atomic E-state index is 13.2. The number of carbonyl (C=O) groups excluding carboxylic acids is 3. The summed E-state index contributed by atoms with van der Waals surface area (Å²) in [5.74, 6) is 0.0176. The predicted octanol–water partition coefficient (Wildman–Crippen LogP) is 5.02. The van der Waals surface area contributed by atoms with Gasteiger partial charge in [-0.05, 0) is 62.6 Å². The predicted molar refractivity (Wildman–Crippen MR) is 149 cm³/mol. The summed E-state index contributed by atoms with van der Waals surface area (Å²) in [5.41, 5.74) is 1.19. The van der Waals surface area contributed by atoms with Crippen LogP contribution in [-0.4, -0.2) is 58.2 Å². The van der Waals surface area contributed by atoms with Crippen molar-refractivity contribution in [3.8, 4) is 0 Å². The van der Waals surface area contributed by atoms with E-state index >= 15 is 0 Å². The molecule has 3 N–H and O–H groups in total. The Bertz CT molecular complexity index is 1280. The first-order chi connectivity index (χ1) is 19.4. The number of anilines is 1. The number of nitrogens with zero attached hydrogens (tertiary/aromatic N) is 3. The van der Waals surface area contributed by atoms with Crippen LogP contribution in [0, 0.1) is 5.92 Å². The van der Waals surface area contributed by atoms with E-state index in [4.69, 9.17) is 11.6 Å². The van der Waals surface area contributed by atoms with Crippen molar-refractivity contribution in [2.24, 2.45) is 5.92 Å². The van der Waals surface area contributed by atoms with Crippen LogP contribution in [-0.2, 0) is 30.4 Å². The maximum absolute atomic E-state index is 13.2. The summed E-state index contributed by atoms with van der Waals surface area (Å²) >= 11 is 6.06. The average molecular weight is 597 g/mol. The Labute approximate surface area is 242 Å². The minimum atomic E-state index is -4.59. The number of halogens is 4. The van der Waals surface area contributed by atoms with E-state index in [1.807, 2.05) is 4.68 Å². The first kappa shape index (κ1) is 30.7. The van der Waals surface area contributed by atoms with Gasteiger partial charge in [-0.2, -0.15) is 18.3 Å². The topological polar surface area (TPSA) is 108 Å².